The van der Waals surface area contributed by atoms with Crippen molar-refractivity contribution in [3.63, 3.8) is 0 Å². The number of nitrogens with one attached hydrogen (secondary N) is 1. The van der Waals surface area contributed by atoms with E-state index in [-0.39, 0.29) is 12.5 Å². The third kappa shape index (κ3) is 35.7. The van der Waals surface area contributed by atoms with Crippen LogP contribution >= 0.6 is 0 Å². The maximum Gasteiger partial charge on any atom is 0.220 e. The molecule has 1 rings (SSSR count). The van der Waals surface area contributed by atoms with Crippen molar-refractivity contribution in [2.75, 3.05) is 13.2 Å². The fourth-order valence-corrected chi connectivity index (χ4v) is 8.20. The zero-order chi connectivity index (χ0) is 47.3. The summed E-state index contributed by atoms with van der Waals surface area (Å²) in [5, 5.41) is 54.3. The molecule has 0 aliphatic carbocycles. The van der Waals surface area contributed by atoms with Gasteiger partial charge in [0.15, 0.2) is 6.29 Å². The van der Waals surface area contributed by atoms with Gasteiger partial charge in [0.1, 0.15) is 24.4 Å². The lowest BCUT2D eigenvalue weighted by atomic mass is 9.99. The molecule has 65 heavy (non-hydrogen) atoms. The molecule has 7 unspecified atom stereocenters. The lowest BCUT2D eigenvalue weighted by Gasteiger charge is -2.40. The average molecular weight is 916 g/mol. The van der Waals surface area contributed by atoms with Crippen LogP contribution in [0.1, 0.15) is 232 Å². The third-order valence-corrected chi connectivity index (χ3v) is 12.5. The van der Waals surface area contributed by atoms with E-state index in [0.29, 0.717) is 6.42 Å². The second kappa shape index (κ2) is 45.7. The summed E-state index contributed by atoms with van der Waals surface area (Å²) in [7, 11) is 0. The van der Waals surface area contributed by atoms with Gasteiger partial charge in [-0.1, -0.05) is 216 Å². The van der Waals surface area contributed by atoms with Crippen LogP contribution in [0.4, 0.5) is 0 Å². The molecule has 1 fully saturated rings. The monoisotopic (exact) mass is 916 g/mol. The van der Waals surface area contributed by atoms with Crippen LogP contribution in [0.15, 0.2) is 60.8 Å². The Balaban J connectivity index is 2.27. The minimum absolute atomic E-state index is 0.206. The van der Waals surface area contributed by atoms with Crippen LogP contribution in [0.3, 0.4) is 0 Å². The Kier molecular flexibility index (Phi) is 42.8. The second-order valence-electron chi connectivity index (χ2n) is 18.6. The molecule has 7 atom stereocenters. The van der Waals surface area contributed by atoms with Crippen LogP contribution < -0.4 is 5.32 Å². The smallest absolute Gasteiger partial charge is 0.220 e. The number of rotatable bonds is 45. The van der Waals surface area contributed by atoms with E-state index >= 15 is 0 Å². The number of carbonyl (C=O) groups is 1. The lowest BCUT2D eigenvalue weighted by molar-refractivity contribution is -0.302. The second-order valence-corrected chi connectivity index (χ2v) is 18.6. The largest absolute Gasteiger partial charge is 0.394 e. The van der Waals surface area contributed by atoms with Crippen molar-refractivity contribution in [3.05, 3.63) is 60.8 Å². The molecule has 9 heteroatoms. The zero-order valence-corrected chi connectivity index (χ0v) is 41.7. The number of allylic oxidation sites excluding steroid dienone is 9. The fourth-order valence-electron chi connectivity index (χ4n) is 8.20. The molecule has 0 bridgehead atoms. The molecule has 0 spiro atoms. The highest BCUT2D eigenvalue weighted by atomic mass is 16.7. The summed E-state index contributed by atoms with van der Waals surface area (Å²) in [5.41, 5.74) is 0. The van der Waals surface area contributed by atoms with Crippen molar-refractivity contribution in [1.29, 1.82) is 0 Å². The first kappa shape index (κ1) is 60.9. The number of hydrogen-bond donors (Lipinski definition) is 6. The molecule has 378 valence electrons. The number of hydrogen-bond acceptors (Lipinski definition) is 8. The SMILES string of the molecule is CCCC/C=C\C/C=C\CCCCCCCC(=O)NC(COC1OC(CO)C(O)C(O)C1O)C(O)/C=C/CC/C=C/CC/C=C/CCCCCCCCCCCCCCCCCCCC. The molecule has 0 aromatic rings. The minimum Gasteiger partial charge on any atom is -0.394 e. The Labute approximate surface area is 398 Å². The first-order valence-electron chi connectivity index (χ1n) is 27.0. The molecule has 6 N–H and O–H groups in total. The molecular formula is C56H101NO8. The standard InChI is InChI=1S/C56H101NO8/c1-3-5-7-9-11-13-15-17-19-20-21-22-23-24-25-26-27-28-29-30-31-32-33-35-37-39-41-43-45-50(59)49(48-64-56-55(63)54(62)53(61)51(47-58)65-56)57-52(60)46-44-42-40-38-36-34-18-16-14-12-10-8-6-4-2/h10,12,16,18,30-31,35,37,43,45,49-51,53-56,58-59,61-63H,3-9,11,13-15,17,19-29,32-34,36,38-42,44,46-48H2,1-2H3,(H,57,60)/b12-10-,18-16-,31-30+,37-35+,45-43+. The highest BCUT2D eigenvalue weighted by molar-refractivity contribution is 5.76. The molecule has 1 aliphatic rings. The molecule has 1 amide bonds. The number of amides is 1. The van der Waals surface area contributed by atoms with E-state index in [4.69, 9.17) is 9.47 Å². The van der Waals surface area contributed by atoms with Crippen molar-refractivity contribution in [2.24, 2.45) is 0 Å². The number of aliphatic hydroxyl groups excluding tert-OH is 5. The van der Waals surface area contributed by atoms with Crippen LogP contribution in [0.5, 0.6) is 0 Å². The van der Waals surface area contributed by atoms with Gasteiger partial charge in [0.2, 0.25) is 5.91 Å². The Morgan fingerprint density at radius 2 is 0.938 bits per heavy atom. The van der Waals surface area contributed by atoms with Crippen molar-refractivity contribution in [3.8, 4) is 0 Å². The predicted molar refractivity (Wildman–Crippen MR) is 272 cm³/mol. The molecule has 0 aromatic carbocycles. The summed E-state index contributed by atoms with van der Waals surface area (Å²) < 4.78 is 11.2. The van der Waals surface area contributed by atoms with Gasteiger partial charge >= 0.3 is 0 Å². The third-order valence-electron chi connectivity index (χ3n) is 12.5. The van der Waals surface area contributed by atoms with Crippen molar-refractivity contribution < 1.29 is 39.8 Å². The highest BCUT2D eigenvalue weighted by Crippen LogP contribution is 2.23. The van der Waals surface area contributed by atoms with Crippen LogP contribution in [-0.2, 0) is 14.3 Å². The van der Waals surface area contributed by atoms with Gasteiger partial charge in [-0.15, -0.1) is 0 Å². The van der Waals surface area contributed by atoms with Gasteiger partial charge in [-0.2, -0.15) is 0 Å². The van der Waals surface area contributed by atoms with Crippen molar-refractivity contribution in [2.45, 2.75) is 275 Å². The first-order valence-corrected chi connectivity index (χ1v) is 27.0. The molecule has 9 nitrogen and oxygen atoms in total. The maximum absolute atomic E-state index is 13.0. The summed E-state index contributed by atoms with van der Waals surface area (Å²) in [6.07, 6.45) is 54.3. The molecule has 1 heterocycles. The highest BCUT2D eigenvalue weighted by Gasteiger charge is 2.44. The van der Waals surface area contributed by atoms with Gasteiger partial charge in [0, 0.05) is 6.42 Å². The van der Waals surface area contributed by atoms with Crippen molar-refractivity contribution in [1.82, 2.24) is 5.32 Å². The molecule has 0 radical (unpaired) electrons. The number of unbranched alkanes of at least 4 members (excludes halogenated alkanes) is 27. The van der Waals surface area contributed by atoms with Crippen LogP contribution in [0.25, 0.3) is 0 Å². The van der Waals surface area contributed by atoms with Crippen molar-refractivity contribution >= 4 is 5.91 Å². The summed E-state index contributed by atoms with van der Waals surface area (Å²) >= 11 is 0. The van der Waals surface area contributed by atoms with Gasteiger partial charge in [-0.25, -0.2) is 0 Å². The van der Waals surface area contributed by atoms with E-state index in [1.165, 1.54) is 135 Å². The maximum atomic E-state index is 13.0. The summed E-state index contributed by atoms with van der Waals surface area (Å²) in [5.74, 6) is -0.206. The van der Waals surface area contributed by atoms with Gasteiger partial charge in [-0.3, -0.25) is 4.79 Å². The number of carbonyl (C=O) groups excluding carboxylic acids is 1. The predicted octanol–water partition coefficient (Wildman–Crippen LogP) is 12.7. The molecule has 1 aliphatic heterocycles. The number of aliphatic hydroxyl groups is 5. The van der Waals surface area contributed by atoms with E-state index in [9.17, 15) is 30.3 Å². The van der Waals surface area contributed by atoms with E-state index < -0.39 is 49.5 Å². The Bertz CT molecular complexity index is 1200. The molecular weight excluding hydrogens is 815 g/mol. The van der Waals surface area contributed by atoms with E-state index in [1.807, 2.05) is 6.08 Å². The fraction of sp³-hybridized carbons (Fsp3) is 0.804. The lowest BCUT2D eigenvalue weighted by Crippen LogP contribution is -2.60. The van der Waals surface area contributed by atoms with Gasteiger partial charge in [-0.05, 0) is 70.6 Å². The van der Waals surface area contributed by atoms with Crippen LogP contribution in [0.2, 0.25) is 0 Å². The molecule has 0 aromatic heterocycles. The van der Waals surface area contributed by atoms with E-state index in [1.54, 1.807) is 6.08 Å². The Morgan fingerprint density at radius 3 is 1.43 bits per heavy atom. The number of ether oxygens (including phenoxy) is 2. The Hall–Kier alpha value is -2.11. The quantitative estimate of drug-likeness (QED) is 0.0261. The van der Waals surface area contributed by atoms with Crippen LogP contribution in [-0.4, -0.2) is 87.5 Å². The van der Waals surface area contributed by atoms with E-state index in [0.717, 1.165) is 77.0 Å². The summed E-state index contributed by atoms with van der Waals surface area (Å²) in [6, 6.07) is -0.837. The minimum atomic E-state index is -1.58. The van der Waals surface area contributed by atoms with Gasteiger partial charge < -0.3 is 40.3 Å². The summed E-state index contributed by atoms with van der Waals surface area (Å²) in [6.45, 7) is 3.71. The van der Waals surface area contributed by atoms with Gasteiger partial charge in [0.25, 0.3) is 0 Å². The zero-order valence-electron chi connectivity index (χ0n) is 41.7. The van der Waals surface area contributed by atoms with Crippen LogP contribution in [0, 0.1) is 0 Å². The summed E-state index contributed by atoms with van der Waals surface area (Å²) in [4.78, 5) is 13.0. The van der Waals surface area contributed by atoms with Gasteiger partial charge in [0.05, 0.1) is 25.4 Å². The first-order chi connectivity index (χ1) is 31.8. The molecule has 0 saturated carbocycles. The van der Waals surface area contributed by atoms with E-state index in [2.05, 4.69) is 67.8 Å². The average Bonchev–Trinajstić information content (AvgIpc) is 3.31. The normalized spacial score (nSPS) is 20.4. The Morgan fingerprint density at radius 1 is 0.523 bits per heavy atom. The molecule has 1 saturated heterocycles. The topological polar surface area (TPSA) is 149 Å².